The molecule has 2 aliphatic carbocycles. The largest absolute Gasteiger partial charge is 0.314 e. The van der Waals surface area contributed by atoms with Crippen LogP contribution in [0.4, 0.5) is 0 Å². The second-order valence-corrected chi connectivity index (χ2v) is 5.20. The van der Waals surface area contributed by atoms with Gasteiger partial charge in [0.2, 0.25) is 0 Å². The summed E-state index contributed by atoms with van der Waals surface area (Å²) >= 11 is 0. The van der Waals surface area contributed by atoms with E-state index in [9.17, 15) is 0 Å². The van der Waals surface area contributed by atoms with Gasteiger partial charge in [0, 0.05) is 6.04 Å². The molecular formula is C12H23N. The molecule has 0 aromatic carbocycles. The summed E-state index contributed by atoms with van der Waals surface area (Å²) in [4.78, 5) is 0. The maximum Gasteiger partial charge on any atom is 0.00671 e. The molecule has 3 unspecified atom stereocenters. The summed E-state index contributed by atoms with van der Waals surface area (Å²) in [6.07, 6.45) is 7.32. The van der Waals surface area contributed by atoms with Crippen molar-refractivity contribution in [3.05, 3.63) is 0 Å². The van der Waals surface area contributed by atoms with Crippen LogP contribution in [0.3, 0.4) is 0 Å². The normalized spacial score (nSPS) is 36.5. The zero-order chi connectivity index (χ0) is 9.26. The summed E-state index contributed by atoms with van der Waals surface area (Å²) in [5.74, 6) is 2.96. The summed E-state index contributed by atoms with van der Waals surface area (Å²) in [5.41, 5.74) is 0. The van der Waals surface area contributed by atoms with Gasteiger partial charge in [-0.1, -0.05) is 19.8 Å². The lowest BCUT2D eigenvalue weighted by Gasteiger charge is -2.19. The van der Waals surface area contributed by atoms with E-state index in [1.165, 1.54) is 38.6 Å². The highest BCUT2D eigenvalue weighted by Gasteiger charge is 2.29. The van der Waals surface area contributed by atoms with Crippen LogP contribution in [0.25, 0.3) is 0 Å². The van der Waals surface area contributed by atoms with Crippen LogP contribution in [-0.4, -0.2) is 12.6 Å². The minimum absolute atomic E-state index is 0.785. The molecule has 0 aliphatic heterocycles. The first kappa shape index (κ1) is 9.51. The van der Waals surface area contributed by atoms with Crippen molar-refractivity contribution < 1.29 is 0 Å². The van der Waals surface area contributed by atoms with E-state index in [2.05, 4.69) is 19.2 Å². The Morgan fingerprint density at radius 2 is 2.00 bits per heavy atom. The summed E-state index contributed by atoms with van der Waals surface area (Å²) < 4.78 is 0. The Morgan fingerprint density at radius 3 is 2.54 bits per heavy atom. The topological polar surface area (TPSA) is 12.0 Å². The van der Waals surface area contributed by atoms with Crippen LogP contribution in [0, 0.1) is 17.8 Å². The molecule has 76 valence electrons. The van der Waals surface area contributed by atoms with Gasteiger partial charge in [-0.15, -0.1) is 0 Å². The van der Waals surface area contributed by atoms with Crippen LogP contribution in [-0.2, 0) is 0 Å². The molecule has 2 saturated carbocycles. The fraction of sp³-hybridized carbons (Fsp3) is 1.00. The third-order valence-corrected chi connectivity index (χ3v) is 4.07. The zero-order valence-electron chi connectivity index (χ0n) is 9.05. The molecule has 0 bridgehead atoms. The van der Waals surface area contributed by atoms with E-state index in [4.69, 9.17) is 0 Å². The Bertz CT molecular complexity index is 163. The van der Waals surface area contributed by atoms with Crippen LogP contribution in [0.15, 0.2) is 0 Å². The lowest BCUT2D eigenvalue weighted by atomic mass is 9.98. The monoisotopic (exact) mass is 181 g/mol. The molecular weight excluding hydrogens is 158 g/mol. The molecule has 2 rings (SSSR count). The molecule has 0 aromatic heterocycles. The van der Waals surface area contributed by atoms with Gasteiger partial charge in [-0.3, -0.25) is 0 Å². The quantitative estimate of drug-likeness (QED) is 0.703. The minimum Gasteiger partial charge on any atom is -0.314 e. The second kappa shape index (κ2) is 4.00. The molecule has 1 nitrogen and oxygen atoms in total. The maximum atomic E-state index is 3.72. The van der Waals surface area contributed by atoms with Gasteiger partial charge in [0.25, 0.3) is 0 Å². The Hall–Kier alpha value is -0.0400. The number of hydrogen-bond donors (Lipinski definition) is 1. The van der Waals surface area contributed by atoms with Crippen molar-refractivity contribution in [2.24, 2.45) is 17.8 Å². The smallest absolute Gasteiger partial charge is 0.00671 e. The van der Waals surface area contributed by atoms with Crippen molar-refractivity contribution in [3.8, 4) is 0 Å². The first-order valence-electron chi connectivity index (χ1n) is 6.00. The van der Waals surface area contributed by atoms with Crippen LogP contribution in [0.5, 0.6) is 0 Å². The molecule has 0 radical (unpaired) electrons. The molecule has 0 amide bonds. The van der Waals surface area contributed by atoms with Crippen LogP contribution < -0.4 is 5.32 Å². The van der Waals surface area contributed by atoms with E-state index >= 15 is 0 Å². The van der Waals surface area contributed by atoms with Gasteiger partial charge in [-0.05, 0) is 50.5 Å². The molecule has 1 heteroatoms. The van der Waals surface area contributed by atoms with Gasteiger partial charge in [-0.25, -0.2) is 0 Å². The summed E-state index contributed by atoms with van der Waals surface area (Å²) in [6.45, 7) is 6.05. The van der Waals surface area contributed by atoms with E-state index in [-0.39, 0.29) is 0 Å². The molecule has 2 aliphatic rings. The molecule has 0 saturated heterocycles. The lowest BCUT2D eigenvalue weighted by molar-refractivity contribution is 0.361. The molecule has 1 N–H and O–H groups in total. The van der Waals surface area contributed by atoms with E-state index in [0.29, 0.717) is 0 Å². The van der Waals surface area contributed by atoms with Crippen molar-refractivity contribution in [2.75, 3.05) is 6.54 Å². The summed E-state index contributed by atoms with van der Waals surface area (Å²) in [6, 6.07) is 0.785. The standard InChI is InChI=1S/C12H23N/c1-9-4-3-5-12(9)8-13-10(2)11-6-7-11/h9-13H,3-8H2,1-2H3. The molecule has 2 fully saturated rings. The molecule has 13 heavy (non-hydrogen) atoms. The summed E-state index contributed by atoms with van der Waals surface area (Å²) in [7, 11) is 0. The van der Waals surface area contributed by atoms with Gasteiger partial charge in [0.1, 0.15) is 0 Å². The van der Waals surface area contributed by atoms with E-state index in [0.717, 1.165) is 23.8 Å². The average molecular weight is 181 g/mol. The Morgan fingerprint density at radius 1 is 1.23 bits per heavy atom. The Labute approximate surface area is 82.3 Å². The predicted octanol–water partition coefficient (Wildman–Crippen LogP) is 2.81. The van der Waals surface area contributed by atoms with Gasteiger partial charge >= 0.3 is 0 Å². The fourth-order valence-corrected chi connectivity index (χ4v) is 2.63. The lowest BCUT2D eigenvalue weighted by Crippen LogP contribution is -2.33. The van der Waals surface area contributed by atoms with E-state index < -0.39 is 0 Å². The van der Waals surface area contributed by atoms with Crippen molar-refractivity contribution in [2.45, 2.75) is 52.0 Å². The molecule has 0 aromatic rings. The summed E-state index contributed by atoms with van der Waals surface area (Å²) in [5, 5.41) is 3.72. The predicted molar refractivity (Wildman–Crippen MR) is 56.7 cm³/mol. The SMILES string of the molecule is CC1CCCC1CNC(C)C1CC1. The van der Waals surface area contributed by atoms with Gasteiger partial charge < -0.3 is 5.32 Å². The van der Waals surface area contributed by atoms with E-state index in [1.807, 2.05) is 0 Å². The number of hydrogen-bond acceptors (Lipinski definition) is 1. The Balaban J connectivity index is 1.66. The van der Waals surface area contributed by atoms with Crippen LogP contribution in [0.2, 0.25) is 0 Å². The molecule has 0 heterocycles. The molecule has 0 spiro atoms. The Kier molecular flexibility index (Phi) is 2.92. The fourth-order valence-electron chi connectivity index (χ4n) is 2.63. The van der Waals surface area contributed by atoms with Crippen LogP contribution in [0.1, 0.15) is 46.0 Å². The maximum absolute atomic E-state index is 3.72. The second-order valence-electron chi connectivity index (χ2n) is 5.20. The highest BCUT2D eigenvalue weighted by Crippen LogP contribution is 2.34. The highest BCUT2D eigenvalue weighted by atomic mass is 14.9. The third kappa shape index (κ3) is 2.46. The zero-order valence-corrected chi connectivity index (χ0v) is 9.05. The number of nitrogens with one attached hydrogen (secondary N) is 1. The van der Waals surface area contributed by atoms with Crippen molar-refractivity contribution in [3.63, 3.8) is 0 Å². The highest BCUT2D eigenvalue weighted by molar-refractivity contribution is 4.85. The van der Waals surface area contributed by atoms with Crippen molar-refractivity contribution in [1.82, 2.24) is 5.32 Å². The molecule has 3 atom stereocenters. The first-order chi connectivity index (χ1) is 6.27. The van der Waals surface area contributed by atoms with Gasteiger partial charge in [0.15, 0.2) is 0 Å². The van der Waals surface area contributed by atoms with Crippen LogP contribution >= 0.6 is 0 Å². The first-order valence-corrected chi connectivity index (χ1v) is 6.00. The third-order valence-electron chi connectivity index (χ3n) is 4.07. The minimum atomic E-state index is 0.785. The van der Waals surface area contributed by atoms with Gasteiger partial charge in [-0.2, -0.15) is 0 Å². The van der Waals surface area contributed by atoms with Crippen molar-refractivity contribution in [1.29, 1.82) is 0 Å². The van der Waals surface area contributed by atoms with Crippen molar-refractivity contribution >= 4 is 0 Å². The van der Waals surface area contributed by atoms with Gasteiger partial charge in [0.05, 0.1) is 0 Å². The number of rotatable bonds is 4. The van der Waals surface area contributed by atoms with E-state index in [1.54, 1.807) is 0 Å². The average Bonchev–Trinajstić information content (AvgIpc) is 2.88.